The number of halogens is 1. The molecule has 2 rings (SSSR count). The van der Waals surface area contributed by atoms with Gasteiger partial charge in [0.2, 0.25) is 0 Å². The van der Waals surface area contributed by atoms with Crippen LogP contribution in [0, 0.1) is 12.8 Å². The summed E-state index contributed by atoms with van der Waals surface area (Å²) >= 11 is 5.13. The topological polar surface area (TPSA) is 17.1 Å². The summed E-state index contributed by atoms with van der Waals surface area (Å²) < 4.78 is 1.08. The highest BCUT2D eigenvalue weighted by molar-refractivity contribution is 9.10. The predicted molar refractivity (Wildman–Crippen MR) is 76.9 cm³/mol. The molecule has 3 heteroatoms. The van der Waals surface area contributed by atoms with Crippen LogP contribution < -0.4 is 0 Å². The van der Waals surface area contributed by atoms with Gasteiger partial charge in [0.1, 0.15) is 0 Å². The molecule has 0 aromatic carbocycles. The van der Waals surface area contributed by atoms with Crippen LogP contribution in [0.2, 0.25) is 0 Å². The predicted octanol–water partition coefficient (Wildman–Crippen LogP) is 5.36. The maximum Gasteiger partial charge on any atom is 0.175 e. The van der Waals surface area contributed by atoms with Crippen molar-refractivity contribution in [2.24, 2.45) is 5.92 Å². The number of Topliss-reactive ketones (excluding diaryl/α,β-unsaturated/α-hetero) is 1. The molecule has 1 nitrogen and oxygen atoms in total. The molecule has 94 valence electrons. The van der Waals surface area contributed by atoms with Gasteiger partial charge in [0, 0.05) is 15.3 Å². The highest BCUT2D eigenvalue weighted by Gasteiger charge is 2.22. The zero-order chi connectivity index (χ0) is 12.3. The second-order valence-electron chi connectivity index (χ2n) is 4.92. The molecule has 0 amide bonds. The van der Waals surface area contributed by atoms with Gasteiger partial charge < -0.3 is 0 Å². The second-order valence-corrected chi connectivity index (χ2v) is 7.03. The molecule has 0 spiro atoms. The van der Waals surface area contributed by atoms with Crippen LogP contribution in [0.3, 0.4) is 0 Å². The van der Waals surface area contributed by atoms with Gasteiger partial charge >= 0.3 is 0 Å². The minimum Gasteiger partial charge on any atom is -0.293 e. The quantitative estimate of drug-likeness (QED) is 0.671. The monoisotopic (exact) mass is 314 g/mol. The number of hydrogen-bond acceptors (Lipinski definition) is 2. The van der Waals surface area contributed by atoms with Crippen molar-refractivity contribution in [2.75, 3.05) is 0 Å². The molecule has 1 saturated carbocycles. The summed E-state index contributed by atoms with van der Waals surface area (Å²) in [4.78, 5) is 14.6. The minimum absolute atomic E-state index is 0.278. The van der Waals surface area contributed by atoms with Crippen LogP contribution in [0.4, 0.5) is 0 Å². The van der Waals surface area contributed by atoms with Gasteiger partial charge in [-0.3, -0.25) is 4.79 Å². The van der Waals surface area contributed by atoms with E-state index in [4.69, 9.17) is 0 Å². The molecule has 17 heavy (non-hydrogen) atoms. The lowest BCUT2D eigenvalue weighted by Gasteiger charge is -2.17. The van der Waals surface area contributed by atoms with E-state index in [1.807, 2.05) is 6.07 Å². The smallest absolute Gasteiger partial charge is 0.175 e. The fourth-order valence-corrected chi connectivity index (χ4v) is 4.05. The minimum atomic E-state index is 0.278. The fourth-order valence-electron chi connectivity index (χ4n) is 2.50. The maximum atomic E-state index is 12.4. The number of aryl methyl sites for hydroxylation is 1. The molecular formula is C14H19BrOS. The Bertz CT molecular complexity index is 369. The van der Waals surface area contributed by atoms with E-state index < -0.39 is 0 Å². The van der Waals surface area contributed by atoms with Crippen molar-refractivity contribution in [3.8, 4) is 0 Å². The van der Waals surface area contributed by atoms with Crippen LogP contribution in [0.25, 0.3) is 0 Å². The molecule has 1 aromatic heterocycles. The van der Waals surface area contributed by atoms with E-state index >= 15 is 0 Å². The van der Waals surface area contributed by atoms with E-state index in [1.165, 1.54) is 37.0 Å². The van der Waals surface area contributed by atoms with Gasteiger partial charge in [0.25, 0.3) is 0 Å². The number of carbonyl (C=O) groups excluding carboxylic acids is 1. The zero-order valence-corrected chi connectivity index (χ0v) is 12.7. The molecule has 1 aliphatic carbocycles. The molecule has 0 N–H and O–H groups in total. The van der Waals surface area contributed by atoms with Gasteiger partial charge in [-0.05, 0) is 41.8 Å². The Morgan fingerprint density at radius 2 is 1.82 bits per heavy atom. The summed E-state index contributed by atoms with van der Waals surface area (Å²) in [5.41, 5.74) is 0. The Hall–Kier alpha value is -0.150. The van der Waals surface area contributed by atoms with Crippen LogP contribution in [0.1, 0.15) is 59.5 Å². The van der Waals surface area contributed by atoms with E-state index in [0.29, 0.717) is 5.78 Å². The Balaban J connectivity index is 2.06. The molecule has 0 atom stereocenters. The van der Waals surface area contributed by atoms with Crippen LogP contribution in [-0.4, -0.2) is 5.78 Å². The van der Waals surface area contributed by atoms with Gasteiger partial charge in [0.15, 0.2) is 5.78 Å². The van der Waals surface area contributed by atoms with Crippen molar-refractivity contribution >= 4 is 33.0 Å². The van der Waals surface area contributed by atoms with E-state index in [1.54, 1.807) is 11.3 Å². The highest BCUT2D eigenvalue weighted by atomic mass is 79.9. The number of carbonyl (C=O) groups is 1. The molecule has 1 aliphatic rings. The summed E-state index contributed by atoms with van der Waals surface area (Å²) in [6, 6.07) is 2.00. The summed E-state index contributed by atoms with van der Waals surface area (Å²) in [5, 5.41) is 0. The average Bonchev–Trinajstić information content (AvgIpc) is 2.58. The Kier molecular flexibility index (Phi) is 4.80. The number of ketones is 1. The molecule has 1 fully saturated rings. The summed E-state index contributed by atoms with van der Waals surface area (Å²) in [6.45, 7) is 2.06. The average molecular weight is 315 g/mol. The van der Waals surface area contributed by atoms with Crippen LogP contribution in [0.5, 0.6) is 0 Å². The van der Waals surface area contributed by atoms with Gasteiger partial charge in [0.05, 0.1) is 4.88 Å². The Morgan fingerprint density at radius 3 is 2.35 bits per heavy atom. The largest absolute Gasteiger partial charge is 0.293 e. The third-order valence-electron chi connectivity index (χ3n) is 3.58. The number of hydrogen-bond donors (Lipinski definition) is 0. The number of thiophene rings is 1. The fraction of sp³-hybridized carbons (Fsp3) is 0.643. The normalized spacial score (nSPS) is 18.7. The first kappa shape index (κ1) is 13.3. The van der Waals surface area contributed by atoms with Crippen LogP contribution >= 0.6 is 27.3 Å². The van der Waals surface area contributed by atoms with Crippen LogP contribution in [0.15, 0.2) is 10.5 Å². The Labute approximate surface area is 116 Å². The third-order valence-corrected chi connectivity index (χ3v) is 5.73. The lowest BCUT2D eigenvalue weighted by Crippen LogP contribution is -2.15. The standard InChI is InChI=1S/C14H19BrOS/c1-10-12(15)9-13(17-10)14(16)11-7-5-3-2-4-6-8-11/h9,11H,2-8H2,1H3. The van der Waals surface area contributed by atoms with Crippen molar-refractivity contribution < 1.29 is 4.79 Å². The van der Waals surface area contributed by atoms with Crippen molar-refractivity contribution in [1.82, 2.24) is 0 Å². The first-order valence-corrected chi connectivity index (χ1v) is 8.09. The molecule has 0 unspecified atom stereocenters. The molecule has 0 bridgehead atoms. The van der Waals surface area contributed by atoms with Gasteiger partial charge in [-0.1, -0.05) is 32.1 Å². The van der Waals surface area contributed by atoms with Crippen LogP contribution in [-0.2, 0) is 0 Å². The van der Waals surface area contributed by atoms with Gasteiger partial charge in [-0.2, -0.15) is 0 Å². The van der Waals surface area contributed by atoms with Crippen molar-refractivity contribution in [3.63, 3.8) is 0 Å². The SMILES string of the molecule is Cc1sc(C(=O)C2CCCCCCC2)cc1Br. The summed E-state index contributed by atoms with van der Waals surface area (Å²) in [5.74, 6) is 0.658. The molecule has 0 saturated heterocycles. The second kappa shape index (κ2) is 6.14. The lowest BCUT2D eigenvalue weighted by atomic mass is 9.88. The van der Waals surface area contributed by atoms with E-state index in [9.17, 15) is 4.79 Å². The van der Waals surface area contributed by atoms with Crippen molar-refractivity contribution in [1.29, 1.82) is 0 Å². The lowest BCUT2D eigenvalue weighted by molar-refractivity contribution is 0.0902. The molecule has 0 radical (unpaired) electrons. The molecule has 0 aliphatic heterocycles. The Morgan fingerprint density at radius 1 is 1.24 bits per heavy atom. The third kappa shape index (κ3) is 3.41. The highest BCUT2D eigenvalue weighted by Crippen LogP contribution is 2.31. The molecule has 1 heterocycles. The summed E-state index contributed by atoms with van der Waals surface area (Å²) in [6.07, 6.45) is 8.59. The molecule has 1 aromatic rings. The number of rotatable bonds is 2. The van der Waals surface area contributed by atoms with E-state index in [-0.39, 0.29) is 5.92 Å². The van der Waals surface area contributed by atoms with Gasteiger partial charge in [-0.25, -0.2) is 0 Å². The molecular weight excluding hydrogens is 296 g/mol. The van der Waals surface area contributed by atoms with Crippen molar-refractivity contribution in [2.45, 2.75) is 51.9 Å². The van der Waals surface area contributed by atoms with Gasteiger partial charge in [-0.15, -0.1) is 11.3 Å². The first-order chi connectivity index (χ1) is 8.18. The summed E-state index contributed by atoms with van der Waals surface area (Å²) in [7, 11) is 0. The maximum absolute atomic E-state index is 12.4. The van der Waals surface area contributed by atoms with E-state index in [2.05, 4.69) is 22.9 Å². The first-order valence-electron chi connectivity index (χ1n) is 6.48. The zero-order valence-electron chi connectivity index (χ0n) is 10.3. The van der Waals surface area contributed by atoms with Crippen molar-refractivity contribution in [3.05, 3.63) is 20.3 Å². The van der Waals surface area contributed by atoms with E-state index in [0.717, 1.165) is 22.2 Å².